The number of aromatic nitrogens is 1. The number of hydrogen-bond donors (Lipinski definition) is 0. The molecular formula is C13H18Cl2N2O. The maximum atomic E-state index is 6.14. The molecule has 1 aromatic heterocycles. The Kier molecular flexibility index (Phi) is 4.49. The van der Waals surface area contributed by atoms with Gasteiger partial charge in [0.2, 0.25) is 0 Å². The second kappa shape index (κ2) is 5.74. The summed E-state index contributed by atoms with van der Waals surface area (Å²) < 4.78 is 5.90. The van der Waals surface area contributed by atoms with Crippen LogP contribution in [-0.4, -0.2) is 40.6 Å². The first kappa shape index (κ1) is 14.1. The van der Waals surface area contributed by atoms with Gasteiger partial charge in [-0.2, -0.15) is 0 Å². The number of nitrogens with zero attached hydrogens (tertiary/aromatic N) is 2. The van der Waals surface area contributed by atoms with Crippen molar-refractivity contribution in [1.29, 1.82) is 0 Å². The largest absolute Gasteiger partial charge is 0.368 e. The number of hydrogen-bond acceptors (Lipinski definition) is 3. The summed E-state index contributed by atoms with van der Waals surface area (Å²) in [7, 11) is 0. The van der Waals surface area contributed by atoms with Gasteiger partial charge in [0.05, 0.1) is 16.7 Å². The second-order valence-electron chi connectivity index (χ2n) is 5.29. The highest BCUT2D eigenvalue weighted by atomic mass is 35.5. The second-order valence-corrected chi connectivity index (χ2v) is 6.01. The van der Waals surface area contributed by atoms with Gasteiger partial charge in [-0.1, -0.05) is 11.6 Å². The van der Waals surface area contributed by atoms with E-state index in [1.807, 2.05) is 6.07 Å². The monoisotopic (exact) mass is 288 g/mol. The molecule has 1 aliphatic heterocycles. The molecule has 1 unspecified atom stereocenters. The van der Waals surface area contributed by atoms with Gasteiger partial charge in [0.15, 0.2) is 0 Å². The Morgan fingerprint density at radius 2 is 2.33 bits per heavy atom. The Labute approximate surface area is 118 Å². The predicted octanol–water partition coefficient (Wildman–Crippen LogP) is 2.95. The summed E-state index contributed by atoms with van der Waals surface area (Å²) in [4.78, 5) is 6.33. The minimum Gasteiger partial charge on any atom is -0.368 e. The maximum absolute atomic E-state index is 6.14. The van der Waals surface area contributed by atoms with Gasteiger partial charge in [-0.3, -0.25) is 9.88 Å². The molecule has 1 aromatic rings. The van der Waals surface area contributed by atoms with Gasteiger partial charge in [0.1, 0.15) is 0 Å². The van der Waals surface area contributed by atoms with Crippen molar-refractivity contribution in [2.24, 2.45) is 0 Å². The molecule has 18 heavy (non-hydrogen) atoms. The lowest BCUT2D eigenvalue weighted by molar-refractivity contribution is -0.129. The molecule has 0 aromatic carbocycles. The van der Waals surface area contributed by atoms with Crippen LogP contribution < -0.4 is 0 Å². The molecule has 5 heteroatoms. The number of alkyl halides is 1. The average Bonchev–Trinajstić information content (AvgIpc) is 2.30. The molecule has 1 aliphatic rings. The Bertz CT molecular complexity index is 412. The van der Waals surface area contributed by atoms with E-state index in [4.69, 9.17) is 27.9 Å². The fourth-order valence-electron chi connectivity index (χ4n) is 2.39. The topological polar surface area (TPSA) is 25.4 Å². The fourth-order valence-corrected chi connectivity index (χ4v) is 2.73. The zero-order valence-electron chi connectivity index (χ0n) is 10.7. The van der Waals surface area contributed by atoms with Crippen molar-refractivity contribution in [3.63, 3.8) is 0 Å². The Morgan fingerprint density at radius 3 is 3.00 bits per heavy atom. The highest BCUT2D eigenvalue weighted by Crippen LogP contribution is 2.24. The highest BCUT2D eigenvalue weighted by molar-refractivity contribution is 6.31. The lowest BCUT2D eigenvalue weighted by atomic mass is 10.0. The zero-order valence-corrected chi connectivity index (χ0v) is 12.2. The van der Waals surface area contributed by atoms with Crippen LogP contribution in [0.25, 0.3) is 0 Å². The van der Waals surface area contributed by atoms with Gasteiger partial charge in [-0.15, -0.1) is 11.6 Å². The molecule has 2 heterocycles. The Balaban J connectivity index is 2.07. The third-order valence-electron chi connectivity index (χ3n) is 2.97. The molecule has 2 rings (SSSR count). The number of morpholine rings is 1. The Morgan fingerprint density at radius 1 is 1.56 bits per heavy atom. The molecule has 0 spiro atoms. The summed E-state index contributed by atoms with van der Waals surface area (Å²) in [6, 6.07) is 1.96. The van der Waals surface area contributed by atoms with Crippen LogP contribution in [0, 0.1) is 0 Å². The molecule has 0 radical (unpaired) electrons. The van der Waals surface area contributed by atoms with Crippen molar-refractivity contribution in [2.45, 2.75) is 32.1 Å². The van der Waals surface area contributed by atoms with Crippen molar-refractivity contribution < 1.29 is 4.74 Å². The summed E-state index contributed by atoms with van der Waals surface area (Å²) in [5.74, 6) is 0.518. The van der Waals surface area contributed by atoms with Crippen LogP contribution in [0.15, 0.2) is 18.5 Å². The van der Waals surface area contributed by atoms with Gasteiger partial charge in [0, 0.05) is 37.9 Å². The van der Waals surface area contributed by atoms with Gasteiger partial charge in [-0.05, 0) is 25.5 Å². The van der Waals surface area contributed by atoms with E-state index in [0.717, 1.165) is 25.2 Å². The third-order valence-corrected chi connectivity index (χ3v) is 3.66. The summed E-state index contributed by atoms with van der Waals surface area (Å²) >= 11 is 12.1. The van der Waals surface area contributed by atoms with E-state index in [-0.39, 0.29) is 11.7 Å². The van der Waals surface area contributed by atoms with E-state index in [1.54, 1.807) is 12.4 Å². The normalized spacial score (nSPS) is 24.1. The van der Waals surface area contributed by atoms with Gasteiger partial charge >= 0.3 is 0 Å². The fraction of sp³-hybridized carbons (Fsp3) is 0.615. The van der Waals surface area contributed by atoms with Crippen LogP contribution in [0.3, 0.4) is 0 Å². The summed E-state index contributed by atoms with van der Waals surface area (Å²) in [6.07, 6.45) is 3.53. The lowest BCUT2D eigenvalue weighted by Crippen LogP contribution is -2.52. The minimum atomic E-state index is -0.169. The molecule has 0 aliphatic carbocycles. The molecule has 1 atom stereocenters. The summed E-state index contributed by atoms with van der Waals surface area (Å²) in [5.41, 5.74) is 0.926. The van der Waals surface area contributed by atoms with E-state index >= 15 is 0 Å². The van der Waals surface area contributed by atoms with E-state index in [1.165, 1.54) is 0 Å². The highest BCUT2D eigenvalue weighted by Gasteiger charge is 2.32. The van der Waals surface area contributed by atoms with E-state index in [0.29, 0.717) is 10.9 Å². The number of rotatable bonds is 3. The first-order chi connectivity index (χ1) is 8.50. The minimum absolute atomic E-state index is 0.0797. The van der Waals surface area contributed by atoms with Crippen LogP contribution >= 0.6 is 23.2 Å². The molecule has 0 saturated carbocycles. The van der Waals surface area contributed by atoms with Crippen molar-refractivity contribution >= 4 is 23.2 Å². The summed E-state index contributed by atoms with van der Waals surface area (Å²) in [6.45, 7) is 6.70. The van der Waals surface area contributed by atoms with Crippen LogP contribution in [0.5, 0.6) is 0 Å². The number of halogens is 2. The standard InChI is InChI=1S/C13H18Cl2N2O/c1-13(2)9-17(8-11(5-14)18-13)7-10-3-4-16-6-12(10)15/h3-4,6,11H,5,7-9H2,1-2H3. The van der Waals surface area contributed by atoms with Crippen LogP contribution in [-0.2, 0) is 11.3 Å². The predicted molar refractivity (Wildman–Crippen MR) is 74.2 cm³/mol. The molecule has 100 valence electrons. The molecular weight excluding hydrogens is 271 g/mol. The number of pyridine rings is 1. The smallest absolute Gasteiger partial charge is 0.0845 e. The first-order valence-electron chi connectivity index (χ1n) is 6.05. The molecule has 0 N–H and O–H groups in total. The maximum Gasteiger partial charge on any atom is 0.0845 e. The number of ether oxygens (including phenoxy) is 1. The average molecular weight is 289 g/mol. The molecule has 0 amide bonds. The van der Waals surface area contributed by atoms with E-state index < -0.39 is 0 Å². The Hall–Kier alpha value is -0.350. The zero-order chi connectivity index (χ0) is 13.2. The van der Waals surface area contributed by atoms with Crippen LogP contribution in [0.1, 0.15) is 19.4 Å². The molecule has 0 bridgehead atoms. The van der Waals surface area contributed by atoms with Gasteiger partial charge in [-0.25, -0.2) is 0 Å². The van der Waals surface area contributed by atoms with Crippen molar-refractivity contribution in [2.75, 3.05) is 19.0 Å². The molecule has 1 fully saturated rings. The summed E-state index contributed by atoms with van der Waals surface area (Å²) in [5, 5.41) is 0.712. The van der Waals surface area contributed by atoms with Gasteiger partial charge < -0.3 is 4.74 Å². The third kappa shape index (κ3) is 3.58. The van der Waals surface area contributed by atoms with Crippen molar-refractivity contribution in [1.82, 2.24) is 9.88 Å². The quantitative estimate of drug-likeness (QED) is 0.800. The van der Waals surface area contributed by atoms with Crippen LogP contribution in [0.4, 0.5) is 0 Å². The molecule has 1 saturated heterocycles. The van der Waals surface area contributed by atoms with Crippen molar-refractivity contribution in [3.05, 3.63) is 29.0 Å². The SMILES string of the molecule is CC1(C)CN(Cc2ccncc2Cl)CC(CCl)O1. The first-order valence-corrected chi connectivity index (χ1v) is 6.96. The van der Waals surface area contributed by atoms with Crippen molar-refractivity contribution in [3.8, 4) is 0 Å². The lowest BCUT2D eigenvalue weighted by Gasteiger charge is -2.42. The van der Waals surface area contributed by atoms with E-state index in [2.05, 4.69) is 23.7 Å². The van der Waals surface area contributed by atoms with Crippen LogP contribution in [0.2, 0.25) is 5.02 Å². The molecule has 3 nitrogen and oxygen atoms in total. The van der Waals surface area contributed by atoms with E-state index in [9.17, 15) is 0 Å². The van der Waals surface area contributed by atoms with Gasteiger partial charge in [0.25, 0.3) is 0 Å².